The Bertz CT molecular complexity index is 131. The van der Waals surface area contributed by atoms with Gasteiger partial charge in [-0.25, -0.2) is 0 Å². The number of hydrogen-bond acceptors (Lipinski definition) is 5. The molecule has 0 spiro atoms. The normalized spacial score (nSPS) is 7.39. The van der Waals surface area contributed by atoms with E-state index in [1.54, 1.807) is 33.1 Å². The van der Waals surface area contributed by atoms with Crippen LogP contribution in [0.2, 0.25) is 0 Å². The molecule has 0 atom stereocenters. The molecule has 0 aliphatic heterocycles. The van der Waals surface area contributed by atoms with Crippen molar-refractivity contribution in [2.24, 2.45) is 5.41 Å². The van der Waals surface area contributed by atoms with Crippen molar-refractivity contribution in [1.29, 1.82) is 0 Å². The fraction of sp³-hybridized carbons (Fsp3) is 0.944. The van der Waals surface area contributed by atoms with E-state index in [1.807, 2.05) is 18.8 Å². The van der Waals surface area contributed by atoms with Crippen LogP contribution in [0.3, 0.4) is 0 Å². The number of Topliss-reactive ketones (excluding diaryl/α,β-unsaturated/α-hetero) is 1. The third kappa shape index (κ3) is 5510. The van der Waals surface area contributed by atoms with Crippen LogP contribution in [0.4, 0.5) is 0 Å². The maximum Gasteiger partial charge on any atom is 0.126 e. The molecule has 3 nitrogen and oxygen atoms in total. The first-order valence-electron chi connectivity index (χ1n) is 7.23. The Kier molecular flexibility index (Phi) is 93.8. The van der Waals surface area contributed by atoms with Crippen LogP contribution in [0.15, 0.2) is 0 Å². The van der Waals surface area contributed by atoms with E-state index in [9.17, 15) is 4.79 Å². The Morgan fingerprint density at radius 3 is 0.957 bits per heavy atom. The Balaban J connectivity index is -0.0000000268. The van der Waals surface area contributed by atoms with E-state index >= 15 is 0 Å². The number of hydrogen-bond donors (Lipinski definition) is 0. The van der Waals surface area contributed by atoms with Gasteiger partial charge >= 0.3 is 0 Å². The molecule has 0 saturated carbocycles. The molecule has 0 N–H and O–H groups in total. The molecular weight excluding hydrogens is 328 g/mol. The van der Waals surface area contributed by atoms with Crippen LogP contribution in [0.5, 0.6) is 0 Å². The smallest absolute Gasteiger partial charge is 0.126 e. The van der Waals surface area contributed by atoms with Crippen molar-refractivity contribution < 1.29 is 13.7 Å². The van der Waals surface area contributed by atoms with E-state index in [4.69, 9.17) is 0 Å². The number of ether oxygens (including phenoxy) is 1. The van der Waals surface area contributed by atoms with Gasteiger partial charge in [-0.2, -0.15) is 11.8 Å². The molecule has 0 aromatic rings. The molecule has 0 aliphatic carbocycles. The highest BCUT2D eigenvalue weighted by atomic mass is 32.2. The monoisotopic (exact) mass is 376 g/mol. The van der Waals surface area contributed by atoms with E-state index in [2.05, 4.69) is 50.5 Å². The van der Waals surface area contributed by atoms with Gasteiger partial charge < -0.3 is 13.7 Å². The van der Waals surface area contributed by atoms with Gasteiger partial charge in [0.15, 0.2) is 0 Å². The summed E-state index contributed by atoms with van der Waals surface area (Å²) in [7, 11) is 4.89. The maximum atomic E-state index is 9.44. The van der Waals surface area contributed by atoms with Crippen LogP contribution in [0, 0.1) is 5.41 Å². The van der Waals surface area contributed by atoms with Crippen molar-refractivity contribution in [3.8, 4) is 0 Å². The van der Waals surface area contributed by atoms with Gasteiger partial charge in [0, 0.05) is 20.5 Å². The van der Waals surface area contributed by atoms with Crippen LogP contribution in [0.25, 0.3) is 0 Å². The highest BCUT2D eigenvalue weighted by molar-refractivity contribution is 7.97. The van der Waals surface area contributed by atoms with Gasteiger partial charge in [-0.1, -0.05) is 55.4 Å². The van der Waals surface area contributed by atoms with Gasteiger partial charge in [0.1, 0.15) is 5.78 Å². The highest BCUT2D eigenvalue weighted by Crippen LogP contribution is 2.08. The third-order valence-corrected chi connectivity index (χ3v) is 0.500. The van der Waals surface area contributed by atoms with Crippen molar-refractivity contribution in [1.82, 2.24) is 0 Å². The molecule has 0 aromatic heterocycles. The Morgan fingerprint density at radius 1 is 0.913 bits per heavy atom. The van der Waals surface area contributed by atoms with Crippen LogP contribution < -0.4 is 0 Å². The Hall–Kier alpha value is 0.290. The summed E-state index contributed by atoms with van der Waals surface area (Å²) >= 11 is 3.11. The number of methoxy groups -OCH3 is 1. The first-order chi connectivity index (χ1) is 9.89. The molecule has 23 heavy (non-hydrogen) atoms. The summed E-state index contributed by atoms with van der Waals surface area (Å²) in [4.78, 5) is 9.44. The van der Waals surface area contributed by atoms with Crippen LogP contribution >= 0.6 is 23.8 Å². The molecule has 0 radical (unpaired) electrons. The zero-order valence-electron chi connectivity index (χ0n) is 17.7. The zero-order valence-corrected chi connectivity index (χ0v) is 19.4. The lowest BCUT2D eigenvalue weighted by Crippen LogP contribution is -1.93. The molecule has 0 bridgehead atoms. The molecule has 0 unspecified atom stereocenters. The number of rotatable bonds is 1. The standard InChI is InChI=1S/C5H12.C3H6O.C3H8.C2H6OS.C2H6O.C2H6S.CH4/c1-5(2,3)4;1-3(2)4;1-3-2;1-3-4-2;2*1-3-2;/h1-4H3;1-2H3;3H2,1-2H3;1-2H3;2*1-2H3;1H4. The van der Waals surface area contributed by atoms with Gasteiger partial charge in [-0.05, 0) is 43.8 Å². The Morgan fingerprint density at radius 2 is 0.957 bits per heavy atom. The lowest BCUT2D eigenvalue weighted by atomic mass is 10.0. The minimum absolute atomic E-state index is 0. The lowest BCUT2D eigenvalue weighted by Gasteiger charge is -2.05. The number of carbonyl (C=O) groups is 1. The molecule has 0 aliphatic rings. The minimum atomic E-state index is 0. The lowest BCUT2D eigenvalue weighted by molar-refractivity contribution is -0.114. The molecule has 5 heteroatoms. The average Bonchev–Trinajstić information content (AvgIpc) is 2.28. The maximum absolute atomic E-state index is 9.44. The fourth-order valence-electron chi connectivity index (χ4n) is 0. The summed E-state index contributed by atoms with van der Waals surface area (Å²) < 4.78 is 8.71. The first-order valence-corrected chi connectivity index (χ1v) is 10.0. The van der Waals surface area contributed by atoms with Gasteiger partial charge in [0.05, 0.1) is 7.11 Å². The second kappa shape index (κ2) is 49.5. The van der Waals surface area contributed by atoms with Gasteiger partial charge in [-0.15, -0.1) is 0 Å². The van der Waals surface area contributed by atoms with E-state index < -0.39 is 0 Å². The van der Waals surface area contributed by atoms with Crippen LogP contribution in [0.1, 0.15) is 69.2 Å². The average molecular weight is 377 g/mol. The summed E-state index contributed by atoms with van der Waals surface area (Å²) in [6.07, 6.45) is 7.21. The fourth-order valence-corrected chi connectivity index (χ4v) is 0. The predicted octanol–water partition coefficient (Wildman–Crippen LogP) is 6.85. The predicted molar refractivity (Wildman–Crippen MR) is 117 cm³/mol. The SMILES string of the molecule is C.CC(C)(C)C.CC(C)=O.CCC.COC.COSC.CSC. The largest absolute Gasteiger partial charge is 0.388 e. The molecule has 0 fully saturated rings. The molecule has 150 valence electrons. The minimum Gasteiger partial charge on any atom is -0.388 e. The molecular formula is C18H48O3S2. The van der Waals surface area contributed by atoms with Crippen LogP contribution in [-0.4, -0.2) is 45.9 Å². The summed E-state index contributed by atoms with van der Waals surface area (Å²) in [5, 5.41) is 0. The van der Waals surface area contributed by atoms with E-state index in [0.29, 0.717) is 5.41 Å². The van der Waals surface area contributed by atoms with Crippen molar-refractivity contribution in [2.75, 3.05) is 40.1 Å². The van der Waals surface area contributed by atoms with Gasteiger partial charge in [0.25, 0.3) is 0 Å². The van der Waals surface area contributed by atoms with Crippen molar-refractivity contribution in [2.45, 2.75) is 69.2 Å². The quantitative estimate of drug-likeness (QED) is 0.467. The van der Waals surface area contributed by atoms with Gasteiger partial charge in [0.2, 0.25) is 0 Å². The van der Waals surface area contributed by atoms with Crippen molar-refractivity contribution in [3.05, 3.63) is 0 Å². The second-order valence-corrected chi connectivity index (χ2v) is 7.25. The third-order valence-electron chi connectivity index (χ3n) is 0.167. The van der Waals surface area contributed by atoms with Crippen molar-refractivity contribution in [3.63, 3.8) is 0 Å². The summed E-state index contributed by atoms with van der Waals surface area (Å²) in [6.45, 7) is 16.1. The summed E-state index contributed by atoms with van der Waals surface area (Å²) in [5.74, 6) is 0.167. The first kappa shape index (κ1) is 43.6. The number of carbonyl (C=O) groups excluding carboxylic acids is 1. The van der Waals surface area contributed by atoms with E-state index in [-0.39, 0.29) is 13.2 Å². The van der Waals surface area contributed by atoms with E-state index in [1.165, 1.54) is 32.3 Å². The molecule has 0 aromatic carbocycles. The molecule has 0 saturated heterocycles. The van der Waals surface area contributed by atoms with Crippen LogP contribution in [-0.2, 0) is 13.7 Å². The molecule has 0 heterocycles. The summed E-state index contributed by atoms with van der Waals surface area (Å²) in [6, 6.07) is 0. The van der Waals surface area contributed by atoms with Gasteiger partial charge in [-0.3, -0.25) is 0 Å². The van der Waals surface area contributed by atoms with E-state index in [0.717, 1.165) is 0 Å². The summed E-state index contributed by atoms with van der Waals surface area (Å²) in [5.41, 5.74) is 0.500. The molecule has 0 amide bonds. The second-order valence-electron chi connectivity index (χ2n) is 5.77. The number of ketones is 1. The Labute approximate surface area is 158 Å². The molecule has 0 rings (SSSR count). The zero-order chi connectivity index (χ0) is 19.6. The number of thioether (sulfide) groups is 1. The topological polar surface area (TPSA) is 35.5 Å². The van der Waals surface area contributed by atoms with Crippen molar-refractivity contribution >= 4 is 29.6 Å². The highest BCUT2D eigenvalue weighted by Gasteiger charge is 1.95.